The molecule has 0 saturated heterocycles. The van der Waals surface area contributed by atoms with Gasteiger partial charge in [-0.15, -0.1) is 0 Å². The fourth-order valence-electron chi connectivity index (χ4n) is 0.639. The molecule has 0 N–H and O–H groups in total. The molecule has 0 aromatic carbocycles. The van der Waals surface area contributed by atoms with Crippen molar-refractivity contribution in [2.45, 2.75) is 31.2 Å². The highest BCUT2D eigenvalue weighted by atomic mass is 32.2. The summed E-state index contributed by atoms with van der Waals surface area (Å²) < 4.78 is 80.7. The first kappa shape index (κ1) is 13.6. The fraction of sp³-hybridized carbons (Fsp3) is 1.00. The van der Waals surface area contributed by atoms with Gasteiger partial charge in [0.1, 0.15) is 0 Å². The minimum atomic E-state index is -6.04. The van der Waals surface area contributed by atoms with Crippen molar-refractivity contribution in [1.29, 1.82) is 0 Å². The smallest absolute Gasteiger partial charge is 0.222 e. The van der Waals surface area contributed by atoms with Crippen molar-refractivity contribution < 1.29 is 30.4 Å². The van der Waals surface area contributed by atoms with E-state index in [1.807, 2.05) is 0 Å². The average molecular weight is 240 g/mol. The number of alkyl halides is 5. The lowest BCUT2D eigenvalue weighted by atomic mass is 10.4. The van der Waals surface area contributed by atoms with Gasteiger partial charge in [-0.05, 0) is 6.42 Å². The molecule has 0 aliphatic carbocycles. The molecule has 0 aliphatic rings. The molecule has 0 radical (unpaired) electrons. The predicted molar refractivity (Wildman–Crippen MR) is 39.7 cm³/mol. The third-order valence-corrected chi connectivity index (χ3v) is 3.33. The molecule has 0 aliphatic heterocycles. The van der Waals surface area contributed by atoms with Gasteiger partial charge >= 0.3 is 11.4 Å². The zero-order valence-corrected chi connectivity index (χ0v) is 8.05. The third-order valence-electron chi connectivity index (χ3n) is 1.49. The number of sulfone groups is 1. The summed E-state index contributed by atoms with van der Waals surface area (Å²) in [4.78, 5) is 0. The van der Waals surface area contributed by atoms with Crippen molar-refractivity contribution >= 4 is 9.84 Å². The van der Waals surface area contributed by atoms with Crippen LogP contribution in [0, 0.1) is 0 Å². The fourth-order valence-corrected chi connectivity index (χ4v) is 1.92. The Bertz CT molecular complexity index is 279. The Morgan fingerprint density at radius 1 is 1.07 bits per heavy atom. The van der Waals surface area contributed by atoms with Crippen molar-refractivity contribution in [2.24, 2.45) is 0 Å². The molecule has 0 aromatic rings. The zero-order valence-electron chi connectivity index (χ0n) is 7.24. The summed E-state index contributed by atoms with van der Waals surface area (Å²) in [5, 5.41) is -5.64. The van der Waals surface area contributed by atoms with Gasteiger partial charge in [0.05, 0.1) is 5.75 Å². The Kier molecular flexibility index (Phi) is 3.88. The van der Waals surface area contributed by atoms with Gasteiger partial charge in [-0.2, -0.15) is 22.0 Å². The van der Waals surface area contributed by atoms with Crippen LogP contribution in [0.3, 0.4) is 0 Å². The molecule has 8 heteroatoms. The largest absolute Gasteiger partial charge is 0.469 e. The summed E-state index contributed by atoms with van der Waals surface area (Å²) in [6.45, 7) is 1.49. The van der Waals surface area contributed by atoms with Gasteiger partial charge in [0.25, 0.3) is 0 Å². The highest BCUT2D eigenvalue weighted by molar-refractivity contribution is 7.92. The van der Waals surface area contributed by atoms with Gasteiger partial charge in [0, 0.05) is 0 Å². The van der Waals surface area contributed by atoms with Gasteiger partial charge in [0.2, 0.25) is 9.84 Å². The van der Waals surface area contributed by atoms with Crippen LogP contribution in [0.5, 0.6) is 0 Å². The van der Waals surface area contributed by atoms with Crippen LogP contribution < -0.4 is 0 Å². The summed E-state index contributed by atoms with van der Waals surface area (Å²) in [7, 11) is -5.44. The molecule has 0 aromatic heterocycles. The van der Waals surface area contributed by atoms with Crippen LogP contribution in [0.1, 0.15) is 19.8 Å². The SMILES string of the molecule is CCCCS(=O)(=O)C(F)(F)C(F)(F)F. The Balaban J connectivity index is 4.90. The maximum absolute atomic E-state index is 12.3. The van der Waals surface area contributed by atoms with E-state index in [1.165, 1.54) is 6.92 Å². The van der Waals surface area contributed by atoms with E-state index in [4.69, 9.17) is 0 Å². The average Bonchev–Trinajstić information content (AvgIpc) is 1.98. The van der Waals surface area contributed by atoms with E-state index in [1.54, 1.807) is 0 Å². The van der Waals surface area contributed by atoms with E-state index in [2.05, 4.69) is 0 Å². The molecule has 0 rings (SSSR count). The quantitative estimate of drug-likeness (QED) is 0.707. The predicted octanol–water partition coefficient (Wildman–Crippen LogP) is 2.36. The van der Waals surface area contributed by atoms with Crippen LogP contribution in [0.25, 0.3) is 0 Å². The van der Waals surface area contributed by atoms with Crippen LogP contribution in [0.2, 0.25) is 0 Å². The lowest BCUT2D eigenvalue weighted by Gasteiger charge is -2.19. The summed E-state index contributed by atoms with van der Waals surface area (Å²) in [5.74, 6) is -1.16. The molecule has 0 unspecified atom stereocenters. The van der Waals surface area contributed by atoms with Gasteiger partial charge in [0.15, 0.2) is 0 Å². The zero-order chi connectivity index (χ0) is 11.6. The van der Waals surface area contributed by atoms with Gasteiger partial charge < -0.3 is 0 Å². The molecular weight excluding hydrogens is 231 g/mol. The normalized spacial score (nSPS) is 14.4. The van der Waals surface area contributed by atoms with Crippen molar-refractivity contribution in [3.05, 3.63) is 0 Å². The molecule has 86 valence electrons. The second kappa shape index (κ2) is 4.00. The second-order valence-corrected chi connectivity index (χ2v) is 4.84. The summed E-state index contributed by atoms with van der Waals surface area (Å²) in [6, 6.07) is 0. The molecule has 0 spiro atoms. The molecule has 0 bridgehead atoms. The van der Waals surface area contributed by atoms with Crippen molar-refractivity contribution in [1.82, 2.24) is 0 Å². The molecule has 0 amide bonds. The van der Waals surface area contributed by atoms with E-state index in [0.29, 0.717) is 0 Å². The summed E-state index contributed by atoms with van der Waals surface area (Å²) >= 11 is 0. The van der Waals surface area contributed by atoms with Crippen molar-refractivity contribution in [2.75, 3.05) is 5.75 Å². The lowest BCUT2D eigenvalue weighted by Crippen LogP contribution is -2.45. The first-order chi connectivity index (χ1) is 6.06. The van der Waals surface area contributed by atoms with E-state index >= 15 is 0 Å². The van der Waals surface area contributed by atoms with E-state index in [0.717, 1.165) is 0 Å². The van der Waals surface area contributed by atoms with E-state index in [-0.39, 0.29) is 12.8 Å². The Morgan fingerprint density at radius 2 is 1.50 bits per heavy atom. The van der Waals surface area contributed by atoms with E-state index in [9.17, 15) is 30.4 Å². The highest BCUT2D eigenvalue weighted by Crippen LogP contribution is 2.40. The second-order valence-electron chi connectivity index (χ2n) is 2.69. The van der Waals surface area contributed by atoms with Crippen LogP contribution in [0.15, 0.2) is 0 Å². The number of hydrogen-bond donors (Lipinski definition) is 0. The lowest BCUT2D eigenvalue weighted by molar-refractivity contribution is -0.241. The topological polar surface area (TPSA) is 34.1 Å². The Morgan fingerprint density at radius 3 is 1.79 bits per heavy atom. The van der Waals surface area contributed by atoms with Gasteiger partial charge in [-0.3, -0.25) is 0 Å². The number of unbranched alkanes of at least 4 members (excludes halogenated alkanes) is 1. The number of halogens is 5. The molecule has 14 heavy (non-hydrogen) atoms. The molecule has 0 heterocycles. The molecule has 0 fully saturated rings. The summed E-state index contributed by atoms with van der Waals surface area (Å²) in [6.07, 6.45) is -6.03. The van der Waals surface area contributed by atoms with Crippen molar-refractivity contribution in [3.63, 3.8) is 0 Å². The minimum Gasteiger partial charge on any atom is -0.222 e. The maximum atomic E-state index is 12.3. The summed E-state index contributed by atoms with van der Waals surface area (Å²) in [5.41, 5.74) is 0. The van der Waals surface area contributed by atoms with Crippen LogP contribution in [-0.4, -0.2) is 25.6 Å². The van der Waals surface area contributed by atoms with Crippen LogP contribution in [0.4, 0.5) is 22.0 Å². The Hall–Kier alpha value is -0.400. The number of hydrogen-bond acceptors (Lipinski definition) is 2. The van der Waals surface area contributed by atoms with Gasteiger partial charge in [-0.25, -0.2) is 8.42 Å². The van der Waals surface area contributed by atoms with Crippen LogP contribution in [-0.2, 0) is 9.84 Å². The highest BCUT2D eigenvalue weighted by Gasteiger charge is 2.66. The molecular formula is C6H9F5O2S. The first-order valence-corrected chi connectivity index (χ1v) is 5.38. The molecule has 0 atom stereocenters. The first-order valence-electron chi connectivity index (χ1n) is 3.73. The van der Waals surface area contributed by atoms with Crippen molar-refractivity contribution in [3.8, 4) is 0 Å². The Labute approximate surface area is 78.0 Å². The van der Waals surface area contributed by atoms with E-state index < -0.39 is 27.0 Å². The monoisotopic (exact) mass is 240 g/mol. The van der Waals surface area contributed by atoms with Gasteiger partial charge in [-0.1, -0.05) is 13.3 Å². The van der Waals surface area contributed by atoms with Crippen LogP contribution >= 0.6 is 0 Å². The maximum Gasteiger partial charge on any atom is 0.469 e. The molecule has 0 saturated carbocycles. The standard InChI is InChI=1S/C6H9F5O2S/c1-2-3-4-14(12,13)6(10,11)5(7,8)9/h2-4H2,1H3. The number of rotatable bonds is 4. The molecule has 2 nitrogen and oxygen atoms in total. The third kappa shape index (κ3) is 2.55. The minimum absolute atomic E-state index is 0.214.